The average molecular weight is 425 g/mol. The van der Waals surface area contributed by atoms with Gasteiger partial charge in [-0.3, -0.25) is 9.59 Å². The van der Waals surface area contributed by atoms with Crippen molar-refractivity contribution in [3.05, 3.63) is 68.9 Å². The molecule has 3 aromatic rings. The molecule has 5 rings (SSSR count). The van der Waals surface area contributed by atoms with Crippen LogP contribution in [0.2, 0.25) is 5.02 Å². The first-order chi connectivity index (χ1) is 13.9. The number of carboxylic acid groups (broad SMARTS) is 1. The highest BCUT2D eigenvalue weighted by Gasteiger charge is 2.55. The second-order valence-electron chi connectivity index (χ2n) is 6.93. The number of aromatic carboxylic acids is 1. The Balaban J connectivity index is 1.87. The topological polar surface area (TPSA) is 95.5 Å². The van der Waals surface area contributed by atoms with Crippen LogP contribution in [-0.4, -0.2) is 22.9 Å². The van der Waals surface area contributed by atoms with E-state index in [9.17, 15) is 19.5 Å². The van der Waals surface area contributed by atoms with Crippen LogP contribution in [-0.2, 0) is 15.0 Å². The zero-order valence-corrected chi connectivity index (χ0v) is 16.4. The number of anilines is 2. The van der Waals surface area contributed by atoms with Gasteiger partial charge in [-0.1, -0.05) is 54.1 Å². The van der Waals surface area contributed by atoms with Crippen LogP contribution in [0.5, 0.6) is 0 Å². The summed E-state index contributed by atoms with van der Waals surface area (Å²) in [6, 6.07) is 14.1. The molecular formula is C21H13ClN2O4S. The molecule has 1 spiro atoms. The number of fused-ring (bicyclic) bond motifs is 4. The number of carboxylic acids is 1. The first kappa shape index (κ1) is 17.9. The number of carbonyl (C=O) groups excluding carboxylic acids is 2. The molecule has 0 aliphatic carbocycles. The molecule has 29 heavy (non-hydrogen) atoms. The van der Waals surface area contributed by atoms with Gasteiger partial charge in [0, 0.05) is 5.56 Å². The molecule has 6 nitrogen and oxygen atoms in total. The summed E-state index contributed by atoms with van der Waals surface area (Å²) >= 11 is 7.30. The van der Waals surface area contributed by atoms with Gasteiger partial charge in [-0.05, 0) is 17.2 Å². The van der Waals surface area contributed by atoms with Crippen LogP contribution >= 0.6 is 22.9 Å². The van der Waals surface area contributed by atoms with E-state index in [1.807, 2.05) is 6.07 Å². The van der Waals surface area contributed by atoms with Crippen molar-refractivity contribution >= 4 is 52.1 Å². The number of rotatable bonds is 2. The van der Waals surface area contributed by atoms with Gasteiger partial charge in [0.2, 0.25) is 11.8 Å². The molecule has 0 saturated carbocycles. The molecule has 3 N–H and O–H groups in total. The minimum atomic E-state index is -1.31. The van der Waals surface area contributed by atoms with E-state index < -0.39 is 11.4 Å². The lowest BCUT2D eigenvalue weighted by atomic mass is 9.74. The summed E-state index contributed by atoms with van der Waals surface area (Å²) in [5.74, 6) is -1.85. The van der Waals surface area contributed by atoms with Gasteiger partial charge in [-0.25, -0.2) is 4.79 Å². The quantitative estimate of drug-likeness (QED) is 0.570. The number of carbonyl (C=O) groups is 3. The fraction of sp³-hybridized carbons (Fsp3) is 0.0952. The molecule has 8 heteroatoms. The normalized spacial score (nSPS) is 19.5. The Morgan fingerprint density at radius 2 is 1.79 bits per heavy atom. The van der Waals surface area contributed by atoms with Crippen LogP contribution in [0, 0.1) is 0 Å². The van der Waals surface area contributed by atoms with Gasteiger partial charge in [0.1, 0.15) is 10.3 Å². The number of para-hydroxylation sites is 1. The lowest BCUT2D eigenvalue weighted by Crippen LogP contribution is -2.42. The van der Waals surface area contributed by atoms with Gasteiger partial charge in [0.05, 0.1) is 27.7 Å². The van der Waals surface area contributed by atoms with Crippen molar-refractivity contribution in [2.24, 2.45) is 0 Å². The predicted octanol–water partition coefficient (Wildman–Crippen LogP) is 4.35. The first-order valence-electron chi connectivity index (χ1n) is 8.80. The highest BCUT2D eigenvalue weighted by molar-refractivity contribution is 7.15. The lowest BCUT2D eigenvalue weighted by Gasteiger charge is -2.31. The molecule has 2 aliphatic rings. The Morgan fingerprint density at radius 1 is 1.03 bits per heavy atom. The zero-order valence-electron chi connectivity index (χ0n) is 14.8. The highest BCUT2D eigenvalue weighted by atomic mass is 35.5. The molecule has 1 atom stereocenters. The van der Waals surface area contributed by atoms with E-state index in [-0.39, 0.29) is 23.1 Å². The maximum Gasteiger partial charge on any atom is 0.346 e. The Bertz CT molecular complexity index is 1220. The summed E-state index contributed by atoms with van der Waals surface area (Å²) in [7, 11) is 0. The number of amides is 2. The second-order valence-corrected chi connectivity index (χ2v) is 8.36. The molecule has 0 bridgehead atoms. The molecule has 3 heterocycles. The van der Waals surface area contributed by atoms with Crippen molar-refractivity contribution in [2.45, 2.75) is 11.8 Å². The number of thiophene rings is 1. The molecule has 2 aromatic carbocycles. The third-order valence-corrected chi connectivity index (χ3v) is 7.00. The third-order valence-electron chi connectivity index (χ3n) is 5.34. The number of halogens is 1. The summed E-state index contributed by atoms with van der Waals surface area (Å²) in [5.41, 5.74) is 1.19. The van der Waals surface area contributed by atoms with Crippen LogP contribution in [0.4, 0.5) is 11.4 Å². The maximum atomic E-state index is 13.2. The molecule has 1 unspecified atom stereocenters. The van der Waals surface area contributed by atoms with E-state index in [4.69, 9.17) is 11.6 Å². The van der Waals surface area contributed by atoms with Crippen molar-refractivity contribution in [2.75, 3.05) is 10.6 Å². The van der Waals surface area contributed by atoms with Crippen LogP contribution in [0.15, 0.2) is 48.5 Å². The Morgan fingerprint density at radius 3 is 2.52 bits per heavy atom. The molecule has 2 amide bonds. The molecular weight excluding hydrogens is 412 g/mol. The van der Waals surface area contributed by atoms with Crippen LogP contribution in [0.25, 0.3) is 11.1 Å². The van der Waals surface area contributed by atoms with Crippen LogP contribution in [0.1, 0.15) is 26.5 Å². The fourth-order valence-electron chi connectivity index (χ4n) is 4.14. The summed E-state index contributed by atoms with van der Waals surface area (Å²) in [5, 5.41) is 15.8. The summed E-state index contributed by atoms with van der Waals surface area (Å²) in [6.07, 6.45) is -0.118. The molecule has 2 aliphatic heterocycles. The van der Waals surface area contributed by atoms with Crippen molar-refractivity contribution in [3.63, 3.8) is 0 Å². The Kier molecular flexibility index (Phi) is 3.81. The Labute approximate surface area is 174 Å². The zero-order chi connectivity index (χ0) is 20.3. The average Bonchev–Trinajstić information content (AvgIpc) is 3.21. The van der Waals surface area contributed by atoms with Crippen molar-refractivity contribution in [3.8, 4) is 11.1 Å². The van der Waals surface area contributed by atoms with Gasteiger partial charge in [-0.2, -0.15) is 0 Å². The second kappa shape index (κ2) is 6.17. The first-order valence-corrected chi connectivity index (χ1v) is 9.99. The number of hydrogen-bond acceptors (Lipinski definition) is 4. The van der Waals surface area contributed by atoms with Gasteiger partial charge in [0.25, 0.3) is 0 Å². The van der Waals surface area contributed by atoms with Crippen LogP contribution < -0.4 is 10.6 Å². The number of hydrogen-bond donors (Lipinski definition) is 3. The van der Waals surface area contributed by atoms with Crippen molar-refractivity contribution < 1.29 is 19.5 Å². The molecule has 0 radical (unpaired) electrons. The fourth-order valence-corrected chi connectivity index (χ4v) is 5.68. The molecule has 144 valence electrons. The summed E-state index contributed by atoms with van der Waals surface area (Å²) in [4.78, 5) is 38.6. The highest BCUT2D eigenvalue weighted by Crippen LogP contribution is 2.57. The summed E-state index contributed by atoms with van der Waals surface area (Å²) < 4.78 is 0. The minimum Gasteiger partial charge on any atom is -0.477 e. The van der Waals surface area contributed by atoms with Crippen LogP contribution in [0.3, 0.4) is 0 Å². The molecule has 0 saturated heterocycles. The van der Waals surface area contributed by atoms with E-state index in [0.29, 0.717) is 38.0 Å². The third kappa shape index (κ3) is 2.38. The number of nitrogens with one attached hydrogen (secondary N) is 2. The van der Waals surface area contributed by atoms with Crippen molar-refractivity contribution in [1.29, 1.82) is 0 Å². The largest absolute Gasteiger partial charge is 0.477 e. The van der Waals surface area contributed by atoms with Gasteiger partial charge >= 0.3 is 5.97 Å². The van der Waals surface area contributed by atoms with Crippen molar-refractivity contribution in [1.82, 2.24) is 0 Å². The van der Waals surface area contributed by atoms with E-state index in [1.54, 1.807) is 42.5 Å². The smallest absolute Gasteiger partial charge is 0.346 e. The predicted molar refractivity (Wildman–Crippen MR) is 111 cm³/mol. The standard InChI is InChI=1S/C21H13ClN2O4S/c22-12-8-4-7-11-15(12)24-20(28)21(11)9-13(25)23-16-14(10-5-2-1-3-6-10)17(19(26)27)29-18(16)21/h1-8H,9H2,(H,23,25)(H,24,28)(H,26,27). The SMILES string of the molecule is O=C1CC2(C(=O)Nc3c(Cl)cccc32)c2sc(C(=O)O)c(-c3ccccc3)c2N1. The van der Waals surface area contributed by atoms with Gasteiger partial charge in [-0.15, -0.1) is 11.3 Å². The minimum absolute atomic E-state index is 0.0750. The summed E-state index contributed by atoms with van der Waals surface area (Å²) in [6.45, 7) is 0. The van der Waals surface area contributed by atoms with E-state index in [1.165, 1.54) is 0 Å². The van der Waals surface area contributed by atoms with Gasteiger partial charge in [0.15, 0.2) is 0 Å². The lowest BCUT2D eigenvalue weighted by molar-refractivity contribution is -0.125. The maximum absolute atomic E-state index is 13.2. The molecule has 0 fully saturated rings. The Hall–Kier alpha value is -3.16. The van der Waals surface area contributed by atoms with E-state index in [2.05, 4.69) is 10.6 Å². The van der Waals surface area contributed by atoms with E-state index >= 15 is 0 Å². The van der Waals surface area contributed by atoms with Gasteiger partial charge < -0.3 is 15.7 Å². The molecule has 1 aromatic heterocycles. The number of benzene rings is 2. The monoisotopic (exact) mass is 424 g/mol. The van der Waals surface area contributed by atoms with E-state index in [0.717, 1.165) is 11.3 Å².